The fourth-order valence-corrected chi connectivity index (χ4v) is 3.00. The molecule has 1 aliphatic heterocycles. The zero-order valence-corrected chi connectivity index (χ0v) is 12.0. The molecule has 94 valence electrons. The van der Waals surface area contributed by atoms with Gasteiger partial charge in [-0.05, 0) is 40.8 Å². The minimum absolute atomic E-state index is 0.674. The SMILES string of the molecule is COc1cc(N2CCCC(C)C2)c(Br)cc1N. The van der Waals surface area contributed by atoms with Crippen molar-refractivity contribution in [3.63, 3.8) is 0 Å². The Bertz CT molecular complexity index is 409. The Morgan fingerprint density at radius 3 is 2.88 bits per heavy atom. The second-order valence-electron chi connectivity index (χ2n) is 4.74. The molecule has 1 heterocycles. The highest BCUT2D eigenvalue weighted by Gasteiger charge is 2.19. The maximum absolute atomic E-state index is 5.88. The zero-order valence-electron chi connectivity index (χ0n) is 10.4. The third-order valence-corrected chi connectivity index (χ3v) is 3.93. The smallest absolute Gasteiger partial charge is 0.143 e. The Morgan fingerprint density at radius 2 is 2.24 bits per heavy atom. The number of methoxy groups -OCH3 is 1. The van der Waals surface area contributed by atoms with Crippen LogP contribution in [0.2, 0.25) is 0 Å². The van der Waals surface area contributed by atoms with Gasteiger partial charge in [-0.15, -0.1) is 0 Å². The molecule has 0 radical (unpaired) electrons. The highest BCUT2D eigenvalue weighted by atomic mass is 79.9. The van der Waals surface area contributed by atoms with Crippen LogP contribution in [0.25, 0.3) is 0 Å². The van der Waals surface area contributed by atoms with E-state index in [0.29, 0.717) is 5.69 Å². The number of hydrogen-bond donors (Lipinski definition) is 1. The van der Waals surface area contributed by atoms with Gasteiger partial charge in [0, 0.05) is 23.6 Å². The first kappa shape index (κ1) is 12.6. The van der Waals surface area contributed by atoms with E-state index >= 15 is 0 Å². The van der Waals surface area contributed by atoms with Crippen molar-refractivity contribution < 1.29 is 4.74 Å². The molecule has 3 nitrogen and oxygen atoms in total. The lowest BCUT2D eigenvalue weighted by Crippen LogP contribution is -2.34. The minimum atomic E-state index is 0.674. The third-order valence-electron chi connectivity index (χ3n) is 3.30. The number of ether oxygens (including phenoxy) is 1. The second-order valence-corrected chi connectivity index (χ2v) is 5.59. The van der Waals surface area contributed by atoms with Gasteiger partial charge in [-0.2, -0.15) is 0 Å². The van der Waals surface area contributed by atoms with Crippen LogP contribution in [0.3, 0.4) is 0 Å². The van der Waals surface area contributed by atoms with Gasteiger partial charge in [0.2, 0.25) is 0 Å². The largest absolute Gasteiger partial charge is 0.495 e. The van der Waals surface area contributed by atoms with E-state index in [1.807, 2.05) is 12.1 Å². The van der Waals surface area contributed by atoms with Crippen LogP contribution < -0.4 is 15.4 Å². The molecule has 0 aliphatic carbocycles. The number of nitrogens with two attached hydrogens (primary N) is 1. The summed E-state index contributed by atoms with van der Waals surface area (Å²) in [6.07, 6.45) is 2.57. The fourth-order valence-electron chi connectivity index (χ4n) is 2.39. The van der Waals surface area contributed by atoms with E-state index in [-0.39, 0.29) is 0 Å². The maximum atomic E-state index is 5.88. The molecule has 0 bridgehead atoms. The molecule has 0 saturated carbocycles. The average Bonchev–Trinajstić information content (AvgIpc) is 2.29. The molecule has 2 rings (SSSR count). The highest BCUT2D eigenvalue weighted by molar-refractivity contribution is 9.10. The molecule has 1 atom stereocenters. The van der Waals surface area contributed by atoms with Gasteiger partial charge in [0.05, 0.1) is 18.5 Å². The molecule has 1 unspecified atom stereocenters. The lowest BCUT2D eigenvalue weighted by Gasteiger charge is -2.33. The standard InChI is InChI=1S/C13H19BrN2O/c1-9-4-3-5-16(8-9)12-7-13(17-2)11(15)6-10(12)14/h6-7,9H,3-5,8,15H2,1-2H3. The molecule has 1 aliphatic rings. The summed E-state index contributed by atoms with van der Waals surface area (Å²) >= 11 is 3.59. The van der Waals surface area contributed by atoms with E-state index in [9.17, 15) is 0 Å². The Hall–Kier alpha value is -0.900. The first-order valence-electron chi connectivity index (χ1n) is 5.99. The number of halogens is 1. The van der Waals surface area contributed by atoms with Gasteiger partial charge in [-0.3, -0.25) is 0 Å². The van der Waals surface area contributed by atoms with Crippen molar-refractivity contribution in [1.82, 2.24) is 0 Å². The normalized spacial score (nSPS) is 20.4. The van der Waals surface area contributed by atoms with Crippen LogP contribution in [0.15, 0.2) is 16.6 Å². The second kappa shape index (κ2) is 5.17. The lowest BCUT2D eigenvalue weighted by atomic mass is 10.00. The van der Waals surface area contributed by atoms with Crippen LogP contribution >= 0.6 is 15.9 Å². The summed E-state index contributed by atoms with van der Waals surface area (Å²) in [5, 5.41) is 0. The molecule has 1 fully saturated rings. The number of nitrogen functional groups attached to an aromatic ring is 1. The van der Waals surface area contributed by atoms with Gasteiger partial charge in [0.15, 0.2) is 0 Å². The molecule has 0 amide bonds. The fraction of sp³-hybridized carbons (Fsp3) is 0.538. The molecule has 17 heavy (non-hydrogen) atoms. The van der Waals surface area contributed by atoms with Crippen molar-refractivity contribution in [2.24, 2.45) is 5.92 Å². The molecule has 1 saturated heterocycles. The van der Waals surface area contributed by atoms with E-state index in [1.165, 1.54) is 18.5 Å². The molecule has 0 spiro atoms. The van der Waals surface area contributed by atoms with E-state index in [0.717, 1.165) is 29.2 Å². The van der Waals surface area contributed by atoms with Crippen LogP contribution in [0.5, 0.6) is 5.75 Å². The number of hydrogen-bond acceptors (Lipinski definition) is 3. The summed E-state index contributed by atoms with van der Waals surface area (Å²) in [5.41, 5.74) is 7.74. The van der Waals surface area contributed by atoms with Crippen molar-refractivity contribution in [3.8, 4) is 5.75 Å². The van der Waals surface area contributed by atoms with Gasteiger partial charge in [-0.25, -0.2) is 0 Å². The third kappa shape index (κ3) is 2.68. The molecular weight excluding hydrogens is 280 g/mol. The summed E-state index contributed by atoms with van der Waals surface area (Å²) in [4.78, 5) is 2.40. The summed E-state index contributed by atoms with van der Waals surface area (Å²) in [6.45, 7) is 4.51. The number of benzene rings is 1. The van der Waals surface area contributed by atoms with E-state index in [4.69, 9.17) is 10.5 Å². The average molecular weight is 299 g/mol. The van der Waals surface area contributed by atoms with Crippen LogP contribution in [-0.4, -0.2) is 20.2 Å². The summed E-state index contributed by atoms with van der Waals surface area (Å²) in [5.74, 6) is 1.50. The number of rotatable bonds is 2. The molecule has 1 aromatic rings. The van der Waals surface area contributed by atoms with Crippen LogP contribution in [0.4, 0.5) is 11.4 Å². The van der Waals surface area contributed by atoms with Crippen molar-refractivity contribution in [1.29, 1.82) is 0 Å². The van der Waals surface area contributed by atoms with Gasteiger partial charge < -0.3 is 15.4 Å². The highest BCUT2D eigenvalue weighted by Crippen LogP contribution is 2.36. The molecule has 0 aromatic heterocycles. The van der Waals surface area contributed by atoms with E-state index in [1.54, 1.807) is 7.11 Å². The predicted molar refractivity (Wildman–Crippen MR) is 75.7 cm³/mol. The number of piperidine rings is 1. The van der Waals surface area contributed by atoms with Gasteiger partial charge in [0.1, 0.15) is 5.75 Å². The quantitative estimate of drug-likeness (QED) is 0.852. The zero-order chi connectivity index (χ0) is 12.4. The van der Waals surface area contributed by atoms with Gasteiger partial charge in [0.25, 0.3) is 0 Å². The molecule has 4 heteroatoms. The summed E-state index contributed by atoms with van der Waals surface area (Å²) < 4.78 is 6.33. The van der Waals surface area contributed by atoms with Crippen LogP contribution in [-0.2, 0) is 0 Å². The number of nitrogens with zero attached hydrogens (tertiary/aromatic N) is 1. The summed E-state index contributed by atoms with van der Waals surface area (Å²) in [7, 11) is 1.65. The maximum Gasteiger partial charge on any atom is 0.143 e. The molecular formula is C13H19BrN2O. The van der Waals surface area contributed by atoms with Crippen molar-refractivity contribution >= 4 is 27.3 Å². The van der Waals surface area contributed by atoms with Crippen LogP contribution in [0.1, 0.15) is 19.8 Å². The Kier molecular flexibility index (Phi) is 3.82. The van der Waals surface area contributed by atoms with E-state index < -0.39 is 0 Å². The van der Waals surface area contributed by atoms with Gasteiger partial charge >= 0.3 is 0 Å². The minimum Gasteiger partial charge on any atom is -0.495 e. The predicted octanol–water partition coefficient (Wildman–Crippen LogP) is 3.28. The van der Waals surface area contributed by atoms with Crippen molar-refractivity contribution in [3.05, 3.63) is 16.6 Å². The molecule has 1 aromatic carbocycles. The number of anilines is 2. The van der Waals surface area contributed by atoms with Crippen molar-refractivity contribution in [2.45, 2.75) is 19.8 Å². The first-order valence-corrected chi connectivity index (χ1v) is 6.79. The van der Waals surface area contributed by atoms with Gasteiger partial charge in [-0.1, -0.05) is 6.92 Å². The molecule has 2 N–H and O–H groups in total. The topological polar surface area (TPSA) is 38.5 Å². The Labute approximate surface area is 111 Å². The summed E-state index contributed by atoms with van der Waals surface area (Å²) in [6, 6.07) is 3.95. The Balaban J connectivity index is 2.30. The lowest BCUT2D eigenvalue weighted by molar-refractivity contribution is 0.415. The van der Waals surface area contributed by atoms with Crippen molar-refractivity contribution in [2.75, 3.05) is 30.8 Å². The first-order chi connectivity index (χ1) is 8.11. The monoisotopic (exact) mass is 298 g/mol. The Morgan fingerprint density at radius 1 is 1.47 bits per heavy atom. The van der Waals surface area contributed by atoms with E-state index in [2.05, 4.69) is 27.8 Å². The van der Waals surface area contributed by atoms with Crippen LogP contribution in [0, 0.1) is 5.92 Å².